The molecule has 0 spiro atoms. The third kappa shape index (κ3) is 3.32. The maximum atomic E-state index is 12.5. The second kappa shape index (κ2) is 6.70. The van der Waals surface area contributed by atoms with Crippen LogP contribution < -0.4 is 18.9 Å². The summed E-state index contributed by atoms with van der Waals surface area (Å²) in [6.07, 6.45) is 0.689. The Bertz CT molecular complexity index is 848. The summed E-state index contributed by atoms with van der Waals surface area (Å²) < 4.78 is 43.4. The highest BCUT2D eigenvalue weighted by Gasteiger charge is 2.17. The summed E-state index contributed by atoms with van der Waals surface area (Å²) in [5.41, 5.74) is 1.65. The number of sulfonamides is 1. The van der Waals surface area contributed by atoms with Crippen molar-refractivity contribution in [2.24, 2.45) is 0 Å². The van der Waals surface area contributed by atoms with Gasteiger partial charge in [0.05, 0.1) is 12.0 Å². The standard InChI is InChI=1S/C17H19NO5S/c1-3-13-9-14(5-7-15(13)21-2)24(19,20)18-10-12-4-6-16-17(8-12)23-11-22-16/h4-9,18H,3,10-11H2,1-2H3. The minimum atomic E-state index is -3.61. The molecule has 0 aromatic heterocycles. The Morgan fingerprint density at radius 2 is 1.92 bits per heavy atom. The van der Waals surface area contributed by atoms with E-state index in [0.29, 0.717) is 23.7 Å². The van der Waals surface area contributed by atoms with Crippen molar-refractivity contribution in [2.75, 3.05) is 13.9 Å². The van der Waals surface area contributed by atoms with Gasteiger partial charge in [0.1, 0.15) is 5.75 Å². The van der Waals surface area contributed by atoms with Gasteiger partial charge in [-0.3, -0.25) is 0 Å². The molecule has 0 saturated heterocycles. The third-order valence-electron chi connectivity index (χ3n) is 3.85. The number of hydrogen-bond donors (Lipinski definition) is 1. The van der Waals surface area contributed by atoms with E-state index in [2.05, 4.69) is 4.72 Å². The fraction of sp³-hybridized carbons (Fsp3) is 0.294. The lowest BCUT2D eigenvalue weighted by Crippen LogP contribution is -2.23. The van der Waals surface area contributed by atoms with E-state index < -0.39 is 10.0 Å². The first kappa shape index (κ1) is 16.6. The van der Waals surface area contributed by atoms with Gasteiger partial charge in [-0.05, 0) is 47.9 Å². The van der Waals surface area contributed by atoms with E-state index in [1.807, 2.05) is 13.0 Å². The monoisotopic (exact) mass is 349 g/mol. The predicted octanol–water partition coefficient (Wildman–Crippen LogP) is 2.46. The SMILES string of the molecule is CCc1cc(S(=O)(=O)NCc2ccc3c(c2)OCO3)ccc1OC. The smallest absolute Gasteiger partial charge is 0.240 e. The molecular formula is C17H19NO5S. The molecule has 24 heavy (non-hydrogen) atoms. The summed E-state index contributed by atoms with van der Waals surface area (Å²) in [4.78, 5) is 0.223. The molecule has 2 aromatic carbocycles. The van der Waals surface area contributed by atoms with Gasteiger partial charge < -0.3 is 14.2 Å². The van der Waals surface area contributed by atoms with Crippen LogP contribution in [0.3, 0.4) is 0 Å². The van der Waals surface area contributed by atoms with Gasteiger partial charge in [0, 0.05) is 6.54 Å². The summed E-state index contributed by atoms with van der Waals surface area (Å²) in [7, 11) is -2.04. The largest absolute Gasteiger partial charge is 0.496 e. The van der Waals surface area contributed by atoms with E-state index in [9.17, 15) is 8.42 Å². The molecular weight excluding hydrogens is 330 g/mol. The van der Waals surface area contributed by atoms with Crippen LogP contribution in [-0.2, 0) is 23.0 Å². The van der Waals surface area contributed by atoms with Crippen LogP contribution in [0.4, 0.5) is 0 Å². The van der Waals surface area contributed by atoms with E-state index in [1.54, 1.807) is 37.4 Å². The molecule has 3 rings (SSSR count). The number of rotatable bonds is 6. The fourth-order valence-electron chi connectivity index (χ4n) is 2.51. The minimum Gasteiger partial charge on any atom is -0.496 e. The molecule has 1 aliphatic heterocycles. The van der Waals surface area contributed by atoms with Crippen LogP contribution in [0.2, 0.25) is 0 Å². The number of ether oxygens (including phenoxy) is 3. The van der Waals surface area contributed by atoms with Gasteiger partial charge in [0.2, 0.25) is 16.8 Å². The predicted molar refractivity (Wildman–Crippen MR) is 89.0 cm³/mol. The first-order chi connectivity index (χ1) is 11.5. The van der Waals surface area contributed by atoms with Crippen LogP contribution in [-0.4, -0.2) is 22.3 Å². The van der Waals surface area contributed by atoms with Crippen molar-refractivity contribution in [3.05, 3.63) is 47.5 Å². The zero-order valence-corrected chi connectivity index (χ0v) is 14.4. The van der Waals surface area contributed by atoms with E-state index in [1.165, 1.54) is 0 Å². The summed E-state index contributed by atoms with van der Waals surface area (Å²) in [5.74, 6) is 1.99. The van der Waals surface area contributed by atoms with Gasteiger partial charge in [-0.2, -0.15) is 0 Å². The highest BCUT2D eigenvalue weighted by Crippen LogP contribution is 2.32. The van der Waals surface area contributed by atoms with E-state index in [0.717, 1.165) is 11.1 Å². The summed E-state index contributed by atoms with van der Waals surface area (Å²) in [5, 5.41) is 0. The Hall–Kier alpha value is -2.25. The summed E-state index contributed by atoms with van der Waals surface area (Å²) in [6.45, 7) is 2.32. The van der Waals surface area contributed by atoms with Gasteiger partial charge in [0.25, 0.3) is 0 Å². The average molecular weight is 349 g/mol. The highest BCUT2D eigenvalue weighted by molar-refractivity contribution is 7.89. The molecule has 0 aliphatic carbocycles. The quantitative estimate of drug-likeness (QED) is 0.867. The van der Waals surface area contributed by atoms with Crippen LogP contribution in [0.25, 0.3) is 0 Å². The molecule has 1 N–H and O–H groups in total. The van der Waals surface area contributed by atoms with E-state index >= 15 is 0 Å². The van der Waals surface area contributed by atoms with Gasteiger partial charge in [-0.25, -0.2) is 13.1 Å². The third-order valence-corrected chi connectivity index (χ3v) is 5.25. The first-order valence-electron chi connectivity index (χ1n) is 7.58. The molecule has 0 amide bonds. The number of benzene rings is 2. The van der Waals surface area contributed by atoms with Gasteiger partial charge in [0.15, 0.2) is 11.5 Å². The van der Waals surface area contributed by atoms with Crippen LogP contribution >= 0.6 is 0 Å². The second-order valence-corrected chi connectivity index (χ2v) is 7.11. The zero-order valence-electron chi connectivity index (χ0n) is 13.5. The maximum absolute atomic E-state index is 12.5. The Labute approximate surface area is 141 Å². The van der Waals surface area contributed by atoms with E-state index in [4.69, 9.17) is 14.2 Å². The van der Waals surface area contributed by atoms with Gasteiger partial charge in [-0.15, -0.1) is 0 Å². The van der Waals surface area contributed by atoms with Crippen molar-refractivity contribution < 1.29 is 22.6 Å². The summed E-state index contributed by atoms with van der Waals surface area (Å²) >= 11 is 0. The lowest BCUT2D eigenvalue weighted by atomic mass is 10.1. The van der Waals surface area contributed by atoms with Crippen LogP contribution in [0, 0.1) is 0 Å². The van der Waals surface area contributed by atoms with Crippen LogP contribution in [0.5, 0.6) is 17.2 Å². The van der Waals surface area contributed by atoms with Crippen LogP contribution in [0.15, 0.2) is 41.3 Å². The maximum Gasteiger partial charge on any atom is 0.240 e. The molecule has 0 radical (unpaired) electrons. The average Bonchev–Trinajstić information content (AvgIpc) is 3.07. The normalized spacial score (nSPS) is 13.1. The van der Waals surface area contributed by atoms with Crippen molar-refractivity contribution in [1.82, 2.24) is 4.72 Å². The van der Waals surface area contributed by atoms with E-state index in [-0.39, 0.29) is 18.2 Å². The first-order valence-corrected chi connectivity index (χ1v) is 9.07. The molecule has 7 heteroatoms. The van der Waals surface area contributed by atoms with Crippen molar-refractivity contribution in [3.8, 4) is 17.2 Å². The van der Waals surface area contributed by atoms with Crippen LogP contribution in [0.1, 0.15) is 18.1 Å². The molecule has 128 valence electrons. The molecule has 0 fully saturated rings. The molecule has 0 atom stereocenters. The number of nitrogens with one attached hydrogen (secondary N) is 1. The Kier molecular flexibility index (Phi) is 4.64. The molecule has 0 saturated carbocycles. The lowest BCUT2D eigenvalue weighted by Gasteiger charge is -2.11. The van der Waals surface area contributed by atoms with Crippen molar-refractivity contribution in [3.63, 3.8) is 0 Å². The molecule has 2 aromatic rings. The van der Waals surface area contributed by atoms with Gasteiger partial charge >= 0.3 is 0 Å². The molecule has 6 nitrogen and oxygen atoms in total. The number of fused-ring (bicyclic) bond motifs is 1. The lowest BCUT2D eigenvalue weighted by molar-refractivity contribution is 0.174. The number of hydrogen-bond acceptors (Lipinski definition) is 5. The second-order valence-electron chi connectivity index (χ2n) is 5.34. The van der Waals surface area contributed by atoms with Crippen molar-refractivity contribution in [1.29, 1.82) is 0 Å². The summed E-state index contributed by atoms with van der Waals surface area (Å²) in [6, 6.07) is 10.2. The Morgan fingerprint density at radius 1 is 1.12 bits per heavy atom. The number of aryl methyl sites for hydroxylation is 1. The minimum absolute atomic E-state index is 0.173. The van der Waals surface area contributed by atoms with Crippen molar-refractivity contribution >= 4 is 10.0 Å². The fourth-order valence-corrected chi connectivity index (χ4v) is 3.58. The van der Waals surface area contributed by atoms with Gasteiger partial charge in [-0.1, -0.05) is 13.0 Å². The zero-order chi connectivity index (χ0) is 17.2. The topological polar surface area (TPSA) is 73.9 Å². The Morgan fingerprint density at radius 3 is 2.67 bits per heavy atom. The number of methoxy groups -OCH3 is 1. The molecule has 0 unspecified atom stereocenters. The highest BCUT2D eigenvalue weighted by atomic mass is 32.2. The molecule has 1 aliphatic rings. The van der Waals surface area contributed by atoms with Crippen molar-refractivity contribution in [2.45, 2.75) is 24.8 Å². The molecule has 1 heterocycles. The molecule has 0 bridgehead atoms. The Balaban J connectivity index is 1.76.